The van der Waals surface area contributed by atoms with Crippen molar-refractivity contribution in [3.05, 3.63) is 58.0 Å². The molecule has 2 fully saturated rings. The number of hydrogen-bond acceptors (Lipinski definition) is 6. The van der Waals surface area contributed by atoms with Crippen molar-refractivity contribution in [1.29, 1.82) is 0 Å². The van der Waals surface area contributed by atoms with Gasteiger partial charge in [0.2, 0.25) is 11.8 Å². The average molecular weight is 394 g/mol. The average Bonchev–Trinajstić information content (AvgIpc) is 3.30. The Hall–Kier alpha value is -3.36. The molecule has 2 unspecified atom stereocenters. The molecule has 2 aliphatic rings. The summed E-state index contributed by atoms with van der Waals surface area (Å²) in [5.41, 5.74) is 1.41. The number of hydrogen-bond donors (Lipinski definition) is 1. The number of carbonyl (C=O) groups excluding carboxylic acids is 1. The van der Waals surface area contributed by atoms with E-state index in [1.165, 1.54) is 6.92 Å². The van der Waals surface area contributed by atoms with Gasteiger partial charge in [-0.15, -0.1) is 0 Å². The minimum atomic E-state index is -0.843. The SMILES string of the molecule is Cc1nc(N2CC3CN(C(=O)c4ccc5nccnc5c4)CC3C2)[nH]c(=O)c1F. The summed E-state index contributed by atoms with van der Waals surface area (Å²) in [4.78, 5) is 43.7. The van der Waals surface area contributed by atoms with Gasteiger partial charge in [0.05, 0.1) is 16.7 Å². The first kappa shape index (κ1) is 17.7. The van der Waals surface area contributed by atoms with E-state index in [0.717, 1.165) is 5.52 Å². The van der Waals surface area contributed by atoms with E-state index in [2.05, 4.69) is 19.9 Å². The number of halogens is 1. The number of amides is 1. The molecule has 4 heterocycles. The van der Waals surface area contributed by atoms with Crippen molar-refractivity contribution >= 4 is 22.9 Å². The molecule has 0 spiro atoms. The number of rotatable bonds is 2. The predicted octanol–water partition coefficient (Wildman–Crippen LogP) is 1.37. The second kappa shape index (κ2) is 6.61. The van der Waals surface area contributed by atoms with Crippen LogP contribution in [0.2, 0.25) is 0 Å². The van der Waals surface area contributed by atoms with Gasteiger partial charge in [-0.2, -0.15) is 4.39 Å². The summed E-state index contributed by atoms with van der Waals surface area (Å²) < 4.78 is 13.5. The van der Waals surface area contributed by atoms with Crippen LogP contribution in [0.5, 0.6) is 0 Å². The molecule has 2 saturated heterocycles. The summed E-state index contributed by atoms with van der Waals surface area (Å²) in [6, 6.07) is 5.38. The fraction of sp³-hybridized carbons (Fsp3) is 0.350. The second-order valence-electron chi connectivity index (χ2n) is 7.68. The first-order valence-corrected chi connectivity index (χ1v) is 9.51. The lowest BCUT2D eigenvalue weighted by molar-refractivity contribution is 0.0782. The lowest BCUT2D eigenvalue weighted by atomic mass is 10.0. The zero-order valence-electron chi connectivity index (χ0n) is 15.8. The molecule has 29 heavy (non-hydrogen) atoms. The molecule has 148 valence electrons. The fourth-order valence-electron chi connectivity index (χ4n) is 4.32. The Morgan fingerprint density at radius 1 is 1.10 bits per heavy atom. The monoisotopic (exact) mass is 394 g/mol. The smallest absolute Gasteiger partial charge is 0.288 e. The molecular formula is C20H19FN6O2. The molecule has 1 N–H and O–H groups in total. The molecule has 2 aliphatic heterocycles. The van der Waals surface area contributed by atoms with Gasteiger partial charge in [-0.05, 0) is 25.1 Å². The number of aromatic nitrogens is 4. The largest absolute Gasteiger partial charge is 0.342 e. The van der Waals surface area contributed by atoms with Crippen LogP contribution < -0.4 is 10.5 Å². The van der Waals surface area contributed by atoms with Crippen molar-refractivity contribution in [2.45, 2.75) is 6.92 Å². The molecule has 8 nitrogen and oxygen atoms in total. The maximum atomic E-state index is 13.5. The number of nitrogens with zero attached hydrogens (tertiary/aromatic N) is 5. The van der Waals surface area contributed by atoms with Crippen LogP contribution in [0, 0.1) is 24.6 Å². The van der Waals surface area contributed by atoms with Crippen LogP contribution in [-0.4, -0.2) is 56.9 Å². The molecule has 9 heteroatoms. The number of fused-ring (bicyclic) bond motifs is 2. The van der Waals surface area contributed by atoms with E-state index >= 15 is 0 Å². The standard InChI is InChI=1S/C20H19FN6O2/c1-11-17(21)18(28)25-20(24-11)27-9-13-7-26(8-14(13)10-27)19(29)12-2-3-15-16(6-12)23-5-4-22-15/h2-6,13-14H,7-10H2,1H3,(H,24,25,28). The van der Waals surface area contributed by atoms with Gasteiger partial charge >= 0.3 is 0 Å². The third kappa shape index (κ3) is 3.02. The third-order valence-electron chi connectivity index (χ3n) is 5.81. The lowest BCUT2D eigenvalue weighted by Crippen LogP contribution is -2.34. The van der Waals surface area contributed by atoms with E-state index in [-0.39, 0.29) is 23.4 Å². The molecule has 0 radical (unpaired) electrons. The molecule has 0 saturated carbocycles. The number of aromatic amines is 1. The zero-order chi connectivity index (χ0) is 20.1. The Bertz CT molecular complexity index is 1170. The zero-order valence-corrected chi connectivity index (χ0v) is 15.8. The van der Waals surface area contributed by atoms with E-state index in [1.807, 2.05) is 15.9 Å². The Kier molecular flexibility index (Phi) is 4.04. The first-order valence-electron chi connectivity index (χ1n) is 9.51. The van der Waals surface area contributed by atoms with E-state index in [0.29, 0.717) is 43.2 Å². The van der Waals surface area contributed by atoms with Gasteiger partial charge in [-0.25, -0.2) is 4.98 Å². The summed E-state index contributed by atoms with van der Waals surface area (Å²) in [6.45, 7) is 4.11. The van der Waals surface area contributed by atoms with E-state index in [1.54, 1.807) is 24.5 Å². The van der Waals surface area contributed by atoms with Gasteiger partial charge in [0.25, 0.3) is 11.5 Å². The van der Waals surface area contributed by atoms with Gasteiger partial charge in [0, 0.05) is 56.0 Å². The van der Waals surface area contributed by atoms with Gasteiger partial charge in [-0.1, -0.05) is 0 Å². The topological polar surface area (TPSA) is 95.1 Å². The first-order chi connectivity index (χ1) is 14.0. The fourth-order valence-corrected chi connectivity index (χ4v) is 4.32. The molecular weight excluding hydrogens is 375 g/mol. The van der Waals surface area contributed by atoms with Crippen LogP contribution in [-0.2, 0) is 0 Å². The number of carbonyl (C=O) groups is 1. The van der Waals surface area contributed by atoms with Gasteiger partial charge in [-0.3, -0.25) is 24.5 Å². The highest BCUT2D eigenvalue weighted by molar-refractivity contribution is 5.97. The number of likely N-dealkylation sites (tertiary alicyclic amines) is 1. The molecule has 2 atom stereocenters. The summed E-state index contributed by atoms with van der Waals surface area (Å²) >= 11 is 0. The van der Waals surface area contributed by atoms with Gasteiger partial charge in [0.1, 0.15) is 0 Å². The van der Waals surface area contributed by atoms with Crippen LogP contribution in [0.3, 0.4) is 0 Å². The Labute approximate surface area is 165 Å². The minimum absolute atomic E-state index is 0.0114. The number of aryl methyl sites for hydroxylation is 1. The Morgan fingerprint density at radius 2 is 1.79 bits per heavy atom. The van der Waals surface area contributed by atoms with Crippen molar-refractivity contribution in [2.24, 2.45) is 11.8 Å². The van der Waals surface area contributed by atoms with Crippen LogP contribution in [0.1, 0.15) is 16.1 Å². The van der Waals surface area contributed by atoms with Crippen molar-refractivity contribution in [3.63, 3.8) is 0 Å². The number of nitrogens with one attached hydrogen (secondary N) is 1. The van der Waals surface area contributed by atoms with E-state index in [9.17, 15) is 14.0 Å². The maximum Gasteiger partial charge on any atom is 0.288 e. The highest BCUT2D eigenvalue weighted by atomic mass is 19.1. The number of H-pyrrole nitrogens is 1. The van der Waals surface area contributed by atoms with Crippen molar-refractivity contribution in [2.75, 3.05) is 31.1 Å². The number of anilines is 1. The Balaban J connectivity index is 1.30. The predicted molar refractivity (Wildman–Crippen MR) is 104 cm³/mol. The molecule has 0 bridgehead atoms. The van der Waals surface area contributed by atoms with Crippen molar-refractivity contribution < 1.29 is 9.18 Å². The quantitative estimate of drug-likeness (QED) is 0.705. The summed E-state index contributed by atoms with van der Waals surface area (Å²) in [5.74, 6) is 0.117. The Morgan fingerprint density at radius 3 is 2.48 bits per heavy atom. The van der Waals surface area contributed by atoms with Gasteiger partial charge < -0.3 is 9.80 Å². The second-order valence-corrected chi connectivity index (χ2v) is 7.68. The lowest BCUT2D eigenvalue weighted by Gasteiger charge is -2.22. The maximum absolute atomic E-state index is 13.5. The molecule has 1 aromatic carbocycles. The highest BCUT2D eigenvalue weighted by Gasteiger charge is 2.42. The normalized spacial score (nSPS) is 21.0. The highest BCUT2D eigenvalue weighted by Crippen LogP contribution is 2.33. The molecule has 2 aromatic heterocycles. The third-order valence-corrected chi connectivity index (χ3v) is 5.81. The molecule has 5 rings (SSSR count). The van der Waals surface area contributed by atoms with E-state index < -0.39 is 11.4 Å². The molecule has 1 amide bonds. The summed E-state index contributed by atoms with van der Waals surface area (Å²) in [5, 5.41) is 0. The summed E-state index contributed by atoms with van der Waals surface area (Å²) in [7, 11) is 0. The molecule has 0 aliphatic carbocycles. The van der Waals surface area contributed by atoms with Crippen molar-refractivity contribution in [1.82, 2.24) is 24.8 Å². The van der Waals surface area contributed by atoms with E-state index in [4.69, 9.17) is 0 Å². The minimum Gasteiger partial charge on any atom is -0.342 e. The van der Waals surface area contributed by atoms with Crippen LogP contribution in [0.15, 0.2) is 35.4 Å². The summed E-state index contributed by atoms with van der Waals surface area (Å²) in [6.07, 6.45) is 3.24. The molecule has 3 aromatic rings. The van der Waals surface area contributed by atoms with Crippen molar-refractivity contribution in [3.8, 4) is 0 Å². The van der Waals surface area contributed by atoms with Crippen LogP contribution in [0.25, 0.3) is 11.0 Å². The van der Waals surface area contributed by atoms with Crippen LogP contribution in [0.4, 0.5) is 10.3 Å². The van der Waals surface area contributed by atoms with Crippen LogP contribution >= 0.6 is 0 Å². The van der Waals surface area contributed by atoms with Gasteiger partial charge in [0.15, 0.2) is 0 Å². The number of benzene rings is 1.